The Hall–Kier alpha value is -3.46. The lowest BCUT2D eigenvalue weighted by molar-refractivity contribution is 0.0692. The Morgan fingerprint density at radius 1 is 1.21 bits per heavy atom. The molecule has 0 aliphatic heterocycles. The van der Waals surface area contributed by atoms with E-state index in [0.29, 0.717) is 11.3 Å². The SMILES string of the molecule is COc1ccc(-c2noc([C@@H](C)NC(=O)c3cnccn3)c2C(=O)O)cc1.Cl. The van der Waals surface area contributed by atoms with Crippen LogP contribution in [0.4, 0.5) is 0 Å². The number of carbonyl (C=O) groups excluding carboxylic acids is 1. The largest absolute Gasteiger partial charge is 0.497 e. The van der Waals surface area contributed by atoms with Gasteiger partial charge in [0.1, 0.15) is 22.7 Å². The van der Waals surface area contributed by atoms with E-state index in [4.69, 9.17) is 9.26 Å². The zero-order valence-electron chi connectivity index (χ0n) is 14.9. The maximum absolute atomic E-state index is 12.2. The van der Waals surface area contributed by atoms with E-state index in [9.17, 15) is 14.7 Å². The number of aromatic nitrogens is 3. The molecule has 1 amide bonds. The fourth-order valence-corrected chi connectivity index (χ4v) is 2.50. The van der Waals surface area contributed by atoms with Crippen LogP contribution in [0.15, 0.2) is 47.4 Å². The van der Waals surface area contributed by atoms with Crippen LogP contribution in [0.25, 0.3) is 11.3 Å². The fourth-order valence-electron chi connectivity index (χ4n) is 2.50. The zero-order chi connectivity index (χ0) is 19.4. The molecule has 0 aliphatic rings. The summed E-state index contributed by atoms with van der Waals surface area (Å²) in [6.07, 6.45) is 4.14. The number of nitrogens with one attached hydrogen (secondary N) is 1. The number of aromatic carboxylic acids is 1. The third kappa shape index (κ3) is 4.26. The fraction of sp³-hybridized carbons (Fsp3) is 0.167. The second-order valence-electron chi connectivity index (χ2n) is 5.59. The van der Waals surface area contributed by atoms with Crippen molar-refractivity contribution in [2.75, 3.05) is 7.11 Å². The predicted molar refractivity (Wildman–Crippen MR) is 101 cm³/mol. The minimum absolute atomic E-state index is 0. The second kappa shape index (κ2) is 8.96. The summed E-state index contributed by atoms with van der Waals surface area (Å²) in [5, 5.41) is 16.2. The molecule has 9 nitrogen and oxygen atoms in total. The molecule has 28 heavy (non-hydrogen) atoms. The average molecular weight is 405 g/mol. The van der Waals surface area contributed by atoms with Gasteiger partial charge in [0, 0.05) is 18.0 Å². The predicted octanol–water partition coefficient (Wildman–Crippen LogP) is 2.75. The second-order valence-corrected chi connectivity index (χ2v) is 5.59. The van der Waals surface area contributed by atoms with Crippen molar-refractivity contribution < 1.29 is 24.0 Å². The summed E-state index contributed by atoms with van der Waals surface area (Å²) >= 11 is 0. The molecule has 10 heteroatoms. The highest BCUT2D eigenvalue weighted by atomic mass is 35.5. The number of amides is 1. The molecule has 3 rings (SSSR count). The zero-order valence-corrected chi connectivity index (χ0v) is 15.8. The normalized spacial score (nSPS) is 11.2. The van der Waals surface area contributed by atoms with E-state index in [1.165, 1.54) is 25.7 Å². The van der Waals surface area contributed by atoms with Gasteiger partial charge < -0.3 is 19.7 Å². The Morgan fingerprint density at radius 3 is 2.50 bits per heavy atom. The van der Waals surface area contributed by atoms with Gasteiger partial charge in [-0.1, -0.05) is 5.16 Å². The standard InChI is InChI=1S/C18H16N4O5.ClH/c1-10(21-17(23)13-9-19-7-8-20-13)16-14(18(24)25)15(22-27-16)11-3-5-12(26-2)6-4-11;/h3-10H,1-2H3,(H,21,23)(H,24,25);1H/t10-;/m1./s1. The molecule has 0 radical (unpaired) electrons. The summed E-state index contributed by atoms with van der Waals surface area (Å²) in [5.74, 6) is -1.05. The number of carboxylic acid groups (broad SMARTS) is 1. The van der Waals surface area contributed by atoms with Gasteiger partial charge in [-0.3, -0.25) is 9.78 Å². The van der Waals surface area contributed by atoms with Gasteiger partial charge in [0.15, 0.2) is 5.76 Å². The number of carboxylic acids is 1. The van der Waals surface area contributed by atoms with Crippen molar-refractivity contribution in [1.29, 1.82) is 0 Å². The smallest absolute Gasteiger partial charge is 0.341 e. The van der Waals surface area contributed by atoms with Crippen LogP contribution in [0.5, 0.6) is 5.75 Å². The molecule has 2 heterocycles. The van der Waals surface area contributed by atoms with Crippen LogP contribution in [0, 0.1) is 0 Å². The van der Waals surface area contributed by atoms with Gasteiger partial charge in [-0.25, -0.2) is 9.78 Å². The van der Waals surface area contributed by atoms with Gasteiger partial charge >= 0.3 is 5.97 Å². The molecule has 1 aromatic carbocycles. The van der Waals surface area contributed by atoms with E-state index >= 15 is 0 Å². The summed E-state index contributed by atoms with van der Waals surface area (Å²) in [6, 6.07) is 5.99. The molecule has 146 valence electrons. The average Bonchev–Trinajstić information content (AvgIpc) is 3.14. The van der Waals surface area contributed by atoms with Crippen LogP contribution in [0.1, 0.15) is 39.6 Å². The Bertz CT molecular complexity index is 960. The molecule has 0 aliphatic carbocycles. The van der Waals surface area contributed by atoms with Crippen LogP contribution in [-0.2, 0) is 0 Å². The van der Waals surface area contributed by atoms with Gasteiger partial charge in [-0.15, -0.1) is 12.4 Å². The molecule has 2 aromatic heterocycles. The van der Waals surface area contributed by atoms with E-state index in [1.807, 2.05) is 0 Å². The lowest BCUT2D eigenvalue weighted by Crippen LogP contribution is -2.28. The maximum atomic E-state index is 12.2. The molecule has 0 spiro atoms. The summed E-state index contributed by atoms with van der Waals surface area (Å²) in [7, 11) is 1.54. The Kier molecular flexibility index (Phi) is 6.67. The van der Waals surface area contributed by atoms with Crippen LogP contribution in [-0.4, -0.2) is 39.2 Å². The van der Waals surface area contributed by atoms with E-state index in [1.54, 1.807) is 31.2 Å². The number of hydrogen-bond acceptors (Lipinski definition) is 7. The first-order valence-corrected chi connectivity index (χ1v) is 7.95. The molecule has 3 aromatic rings. The number of hydrogen-bond donors (Lipinski definition) is 2. The van der Waals surface area contributed by atoms with Gasteiger partial charge in [0.05, 0.1) is 19.3 Å². The quantitative estimate of drug-likeness (QED) is 0.641. The van der Waals surface area contributed by atoms with Crippen LogP contribution in [0.2, 0.25) is 0 Å². The van der Waals surface area contributed by atoms with Crippen LogP contribution < -0.4 is 10.1 Å². The Labute approximate surface area is 166 Å². The summed E-state index contributed by atoms with van der Waals surface area (Å²) in [5.41, 5.74) is 0.708. The Morgan fingerprint density at radius 2 is 1.93 bits per heavy atom. The van der Waals surface area contributed by atoms with Gasteiger partial charge in [-0.05, 0) is 31.2 Å². The van der Waals surface area contributed by atoms with E-state index < -0.39 is 17.9 Å². The number of methoxy groups -OCH3 is 1. The van der Waals surface area contributed by atoms with Gasteiger partial charge in [0.25, 0.3) is 5.91 Å². The number of benzene rings is 1. The van der Waals surface area contributed by atoms with Gasteiger partial charge in [-0.2, -0.15) is 0 Å². The lowest BCUT2D eigenvalue weighted by Gasteiger charge is -2.11. The maximum Gasteiger partial charge on any atom is 0.341 e. The molecule has 0 unspecified atom stereocenters. The van der Waals surface area contributed by atoms with Crippen LogP contribution >= 0.6 is 12.4 Å². The monoisotopic (exact) mass is 404 g/mol. The van der Waals surface area contributed by atoms with Crippen molar-refractivity contribution >= 4 is 24.3 Å². The van der Waals surface area contributed by atoms with Crippen molar-refractivity contribution in [1.82, 2.24) is 20.4 Å². The topological polar surface area (TPSA) is 127 Å². The Balaban J connectivity index is 0.00000280. The molecule has 0 saturated heterocycles. The highest BCUT2D eigenvalue weighted by Crippen LogP contribution is 2.30. The highest BCUT2D eigenvalue weighted by Gasteiger charge is 2.28. The van der Waals surface area contributed by atoms with Crippen LogP contribution in [0.3, 0.4) is 0 Å². The highest BCUT2D eigenvalue weighted by molar-refractivity contribution is 5.96. The molecule has 0 saturated carbocycles. The minimum Gasteiger partial charge on any atom is -0.497 e. The first-order valence-electron chi connectivity index (χ1n) is 7.95. The number of rotatable bonds is 6. The minimum atomic E-state index is -1.21. The number of halogens is 1. The molecular formula is C18H17ClN4O5. The summed E-state index contributed by atoms with van der Waals surface area (Å²) < 4.78 is 10.3. The lowest BCUT2D eigenvalue weighted by atomic mass is 10.0. The molecule has 1 atom stereocenters. The molecule has 0 fully saturated rings. The number of carbonyl (C=O) groups is 2. The number of nitrogens with zero attached hydrogens (tertiary/aromatic N) is 3. The van der Waals surface area contributed by atoms with E-state index in [0.717, 1.165) is 0 Å². The van der Waals surface area contributed by atoms with Gasteiger partial charge in [0.2, 0.25) is 0 Å². The first kappa shape index (κ1) is 20.8. The van der Waals surface area contributed by atoms with Crippen molar-refractivity contribution in [3.63, 3.8) is 0 Å². The first-order chi connectivity index (χ1) is 13.0. The molecule has 2 N–H and O–H groups in total. The van der Waals surface area contributed by atoms with Crippen molar-refractivity contribution in [2.45, 2.75) is 13.0 Å². The molecule has 0 bridgehead atoms. The van der Waals surface area contributed by atoms with E-state index in [2.05, 4.69) is 20.4 Å². The molecular weight excluding hydrogens is 388 g/mol. The number of ether oxygens (including phenoxy) is 1. The van der Waals surface area contributed by atoms with E-state index in [-0.39, 0.29) is 35.1 Å². The third-order valence-electron chi connectivity index (χ3n) is 3.83. The van der Waals surface area contributed by atoms with Crippen molar-refractivity contribution in [3.8, 4) is 17.0 Å². The van der Waals surface area contributed by atoms with Crippen molar-refractivity contribution in [3.05, 3.63) is 59.9 Å². The van der Waals surface area contributed by atoms with Crippen molar-refractivity contribution in [2.24, 2.45) is 0 Å². The summed E-state index contributed by atoms with van der Waals surface area (Å²) in [4.78, 5) is 31.7. The third-order valence-corrected chi connectivity index (χ3v) is 3.83. The summed E-state index contributed by atoms with van der Waals surface area (Å²) in [6.45, 7) is 1.60.